The highest BCUT2D eigenvalue weighted by molar-refractivity contribution is 5.92. The normalized spacial score (nSPS) is 15.7. The SMILES string of the molecule is Cc1cccc(NC(=O)CN2CCC(Oc3nc(C)cnc3C)CC2)c1. The van der Waals surface area contributed by atoms with Crippen LogP contribution in [0.3, 0.4) is 0 Å². The smallest absolute Gasteiger partial charge is 0.238 e. The van der Waals surface area contributed by atoms with Gasteiger partial charge in [0.1, 0.15) is 6.10 Å². The lowest BCUT2D eigenvalue weighted by molar-refractivity contribution is -0.117. The van der Waals surface area contributed by atoms with Crippen molar-refractivity contribution in [1.82, 2.24) is 14.9 Å². The lowest BCUT2D eigenvalue weighted by Gasteiger charge is -2.31. The van der Waals surface area contributed by atoms with E-state index in [1.54, 1.807) is 6.20 Å². The Balaban J connectivity index is 1.46. The molecule has 1 fully saturated rings. The van der Waals surface area contributed by atoms with Crippen LogP contribution in [0.1, 0.15) is 29.8 Å². The van der Waals surface area contributed by atoms with Gasteiger partial charge < -0.3 is 10.1 Å². The van der Waals surface area contributed by atoms with Crippen molar-refractivity contribution in [3.05, 3.63) is 47.4 Å². The van der Waals surface area contributed by atoms with E-state index < -0.39 is 0 Å². The van der Waals surface area contributed by atoms with Crippen molar-refractivity contribution in [2.24, 2.45) is 0 Å². The summed E-state index contributed by atoms with van der Waals surface area (Å²) < 4.78 is 6.03. The maximum atomic E-state index is 12.2. The van der Waals surface area contributed by atoms with Gasteiger partial charge in [-0.1, -0.05) is 12.1 Å². The zero-order valence-corrected chi connectivity index (χ0v) is 15.7. The van der Waals surface area contributed by atoms with Gasteiger partial charge in [0.15, 0.2) is 0 Å². The number of piperidine rings is 1. The third kappa shape index (κ3) is 5.02. The van der Waals surface area contributed by atoms with Crippen LogP contribution in [0.25, 0.3) is 0 Å². The second kappa shape index (κ2) is 8.27. The molecule has 1 aromatic carbocycles. The fourth-order valence-corrected chi connectivity index (χ4v) is 3.10. The number of aryl methyl sites for hydroxylation is 3. The van der Waals surface area contributed by atoms with Gasteiger partial charge in [-0.05, 0) is 51.3 Å². The number of rotatable bonds is 5. The van der Waals surface area contributed by atoms with Crippen molar-refractivity contribution in [3.63, 3.8) is 0 Å². The fraction of sp³-hybridized carbons (Fsp3) is 0.450. The van der Waals surface area contributed by atoms with Gasteiger partial charge in [-0.2, -0.15) is 0 Å². The highest BCUT2D eigenvalue weighted by atomic mass is 16.5. The summed E-state index contributed by atoms with van der Waals surface area (Å²) in [6.07, 6.45) is 3.64. The Bertz CT molecular complexity index is 770. The minimum absolute atomic E-state index is 0.0235. The number of benzene rings is 1. The van der Waals surface area contributed by atoms with Crippen molar-refractivity contribution >= 4 is 11.6 Å². The van der Waals surface area contributed by atoms with E-state index in [-0.39, 0.29) is 12.0 Å². The number of likely N-dealkylation sites (tertiary alicyclic amines) is 1. The van der Waals surface area contributed by atoms with E-state index in [1.165, 1.54) is 0 Å². The second-order valence-corrected chi connectivity index (χ2v) is 6.91. The first-order valence-electron chi connectivity index (χ1n) is 9.05. The van der Waals surface area contributed by atoms with E-state index in [9.17, 15) is 4.79 Å². The van der Waals surface area contributed by atoms with Crippen molar-refractivity contribution in [2.45, 2.75) is 39.7 Å². The average Bonchev–Trinajstić information content (AvgIpc) is 2.60. The molecular weight excluding hydrogens is 328 g/mol. The number of anilines is 1. The third-order valence-electron chi connectivity index (χ3n) is 4.51. The highest BCUT2D eigenvalue weighted by Crippen LogP contribution is 2.19. The van der Waals surface area contributed by atoms with Gasteiger partial charge in [0, 0.05) is 25.0 Å². The molecule has 1 amide bonds. The average molecular weight is 354 g/mol. The molecule has 6 nitrogen and oxygen atoms in total. The summed E-state index contributed by atoms with van der Waals surface area (Å²) in [6, 6.07) is 7.85. The Labute approximate surface area is 154 Å². The summed E-state index contributed by atoms with van der Waals surface area (Å²) in [4.78, 5) is 23.1. The Kier molecular flexibility index (Phi) is 5.83. The van der Waals surface area contributed by atoms with Crippen LogP contribution >= 0.6 is 0 Å². The van der Waals surface area contributed by atoms with E-state index in [0.29, 0.717) is 12.4 Å². The van der Waals surface area contributed by atoms with Gasteiger partial charge in [0.2, 0.25) is 11.8 Å². The van der Waals surface area contributed by atoms with Crippen LogP contribution < -0.4 is 10.1 Å². The first-order chi connectivity index (χ1) is 12.5. The largest absolute Gasteiger partial charge is 0.473 e. The lowest BCUT2D eigenvalue weighted by Crippen LogP contribution is -2.42. The van der Waals surface area contributed by atoms with Crippen LogP contribution in [0.5, 0.6) is 5.88 Å². The number of hydrogen-bond donors (Lipinski definition) is 1. The molecule has 0 bridgehead atoms. The van der Waals surface area contributed by atoms with Crippen molar-refractivity contribution in [3.8, 4) is 5.88 Å². The Hall–Kier alpha value is -2.47. The third-order valence-corrected chi connectivity index (χ3v) is 4.51. The van der Waals surface area contributed by atoms with E-state index in [4.69, 9.17) is 4.74 Å². The van der Waals surface area contributed by atoms with Gasteiger partial charge in [-0.3, -0.25) is 14.7 Å². The van der Waals surface area contributed by atoms with Crippen molar-refractivity contribution in [2.75, 3.05) is 25.0 Å². The molecule has 26 heavy (non-hydrogen) atoms. The van der Waals surface area contributed by atoms with Crippen LogP contribution in [-0.2, 0) is 4.79 Å². The molecule has 0 radical (unpaired) electrons. The van der Waals surface area contributed by atoms with E-state index in [2.05, 4.69) is 20.2 Å². The van der Waals surface area contributed by atoms with E-state index in [0.717, 1.165) is 48.6 Å². The first-order valence-corrected chi connectivity index (χ1v) is 9.05. The minimum atomic E-state index is 0.0235. The van der Waals surface area contributed by atoms with Crippen LogP contribution in [0.2, 0.25) is 0 Å². The van der Waals surface area contributed by atoms with Gasteiger partial charge >= 0.3 is 0 Å². The number of nitrogens with zero attached hydrogens (tertiary/aromatic N) is 3. The van der Waals surface area contributed by atoms with Gasteiger partial charge in [-0.25, -0.2) is 4.98 Å². The molecule has 6 heteroatoms. The maximum Gasteiger partial charge on any atom is 0.238 e. The van der Waals surface area contributed by atoms with Crippen LogP contribution in [0.15, 0.2) is 30.5 Å². The standard InChI is InChI=1S/C20H26N4O2/c1-14-5-4-6-17(11-14)23-19(25)13-24-9-7-18(8-10-24)26-20-16(3)21-12-15(2)22-20/h4-6,11-12,18H,7-10,13H2,1-3H3,(H,23,25). The van der Waals surface area contributed by atoms with Crippen LogP contribution in [-0.4, -0.2) is 46.5 Å². The Morgan fingerprint density at radius 2 is 2.04 bits per heavy atom. The predicted molar refractivity (Wildman–Crippen MR) is 101 cm³/mol. The molecule has 0 aliphatic carbocycles. The lowest BCUT2D eigenvalue weighted by atomic mass is 10.1. The minimum Gasteiger partial charge on any atom is -0.473 e. The number of amides is 1. The van der Waals surface area contributed by atoms with Crippen molar-refractivity contribution < 1.29 is 9.53 Å². The number of aromatic nitrogens is 2. The molecule has 0 unspecified atom stereocenters. The van der Waals surface area contributed by atoms with Crippen molar-refractivity contribution in [1.29, 1.82) is 0 Å². The Morgan fingerprint density at radius 1 is 1.27 bits per heavy atom. The zero-order chi connectivity index (χ0) is 18.5. The molecule has 138 valence electrons. The zero-order valence-electron chi connectivity index (χ0n) is 15.7. The van der Waals surface area contributed by atoms with Gasteiger partial charge in [0.05, 0.1) is 17.9 Å². The molecule has 2 aromatic rings. The monoisotopic (exact) mass is 354 g/mol. The molecule has 1 N–H and O–H groups in total. The number of hydrogen-bond acceptors (Lipinski definition) is 5. The molecule has 3 rings (SSSR count). The first kappa shape index (κ1) is 18.3. The molecule has 1 saturated heterocycles. The van der Waals surface area contributed by atoms with Crippen LogP contribution in [0.4, 0.5) is 5.69 Å². The summed E-state index contributed by atoms with van der Waals surface area (Å²) >= 11 is 0. The number of carbonyl (C=O) groups is 1. The summed E-state index contributed by atoms with van der Waals surface area (Å²) in [7, 11) is 0. The van der Waals surface area contributed by atoms with Crippen LogP contribution in [0, 0.1) is 20.8 Å². The van der Waals surface area contributed by atoms with Gasteiger partial charge in [-0.15, -0.1) is 0 Å². The van der Waals surface area contributed by atoms with E-state index >= 15 is 0 Å². The topological polar surface area (TPSA) is 67.4 Å². The molecule has 1 aliphatic heterocycles. The molecule has 1 aliphatic rings. The van der Waals surface area contributed by atoms with Gasteiger partial charge in [0.25, 0.3) is 0 Å². The fourth-order valence-electron chi connectivity index (χ4n) is 3.10. The quantitative estimate of drug-likeness (QED) is 0.894. The Morgan fingerprint density at radius 3 is 2.77 bits per heavy atom. The number of nitrogens with one attached hydrogen (secondary N) is 1. The summed E-state index contributed by atoms with van der Waals surface area (Å²) in [5.74, 6) is 0.649. The molecular formula is C20H26N4O2. The van der Waals surface area contributed by atoms with E-state index in [1.807, 2.05) is 45.0 Å². The molecule has 0 spiro atoms. The number of ether oxygens (including phenoxy) is 1. The second-order valence-electron chi connectivity index (χ2n) is 6.91. The molecule has 1 aromatic heterocycles. The predicted octanol–water partition coefficient (Wildman–Crippen LogP) is 2.88. The number of carbonyl (C=O) groups excluding carboxylic acids is 1. The summed E-state index contributed by atoms with van der Waals surface area (Å²) in [6.45, 7) is 7.92. The summed E-state index contributed by atoms with van der Waals surface area (Å²) in [5, 5.41) is 2.96. The molecule has 2 heterocycles. The summed E-state index contributed by atoms with van der Waals surface area (Å²) in [5.41, 5.74) is 3.66. The molecule has 0 saturated carbocycles. The molecule has 0 atom stereocenters. The highest BCUT2D eigenvalue weighted by Gasteiger charge is 2.23. The maximum absolute atomic E-state index is 12.2.